The highest BCUT2D eigenvalue weighted by Crippen LogP contribution is 2.19. The molecule has 7 heteroatoms. The number of aromatic nitrogens is 1. The number of hydrogen-bond acceptors (Lipinski definition) is 3. The first-order valence-electron chi connectivity index (χ1n) is 8.25. The topological polar surface area (TPSA) is 60.3 Å². The van der Waals surface area contributed by atoms with E-state index in [0.717, 1.165) is 22.2 Å². The van der Waals surface area contributed by atoms with E-state index in [2.05, 4.69) is 15.4 Å². The zero-order chi connectivity index (χ0) is 18.7. The third kappa shape index (κ3) is 4.42. The monoisotopic (exact) mass is 376 g/mol. The summed E-state index contributed by atoms with van der Waals surface area (Å²) in [5.41, 5.74) is 3.16. The average Bonchev–Trinajstić information content (AvgIpc) is 2.89. The van der Waals surface area contributed by atoms with Crippen molar-refractivity contribution in [3.63, 3.8) is 0 Å². The van der Waals surface area contributed by atoms with Gasteiger partial charge in [-0.3, -0.25) is 0 Å². The minimum absolute atomic E-state index is 0.00210. The predicted molar refractivity (Wildman–Crippen MR) is 100 cm³/mol. The smallest absolute Gasteiger partial charge is 0.215 e. The van der Waals surface area contributed by atoms with Crippen LogP contribution in [0.5, 0.6) is 5.75 Å². The van der Waals surface area contributed by atoms with Crippen LogP contribution >= 0.6 is 0 Å². The number of hydrogen-bond donors (Lipinski definition) is 1. The Labute approximate surface area is 152 Å². The van der Waals surface area contributed by atoms with Gasteiger partial charge in [-0.25, -0.2) is 17.5 Å². The van der Waals surface area contributed by atoms with Crippen LogP contribution in [0.25, 0.3) is 10.9 Å². The van der Waals surface area contributed by atoms with Gasteiger partial charge in [0.05, 0.1) is 5.75 Å². The molecule has 0 saturated heterocycles. The first-order valence-corrected chi connectivity index (χ1v) is 9.90. The molecule has 2 aromatic carbocycles. The first-order chi connectivity index (χ1) is 12.3. The molecule has 0 aliphatic heterocycles. The highest BCUT2D eigenvalue weighted by Gasteiger charge is 2.11. The van der Waals surface area contributed by atoms with Crippen molar-refractivity contribution in [1.29, 1.82) is 0 Å². The van der Waals surface area contributed by atoms with Crippen molar-refractivity contribution in [3.8, 4) is 5.75 Å². The molecule has 5 nitrogen and oxygen atoms in total. The molecule has 0 aliphatic carbocycles. The van der Waals surface area contributed by atoms with Crippen LogP contribution in [0.1, 0.15) is 11.3 Å². The Morgan fingerprint density at radius 1 is 1.12 bits per heavy atom. The SMILES string of the molecule is Cc1cc2cc(CNS(=O)(=O)CCOc3ccc(F)cc3)ccc2n1C. The second-order valence-electron chi connectivity index (χ2n) is 6.18. The van der Waals surface area contributed by atoms with Gasteiger partial charge in [0.15, 0.2) is 0 Å². The molecular formula is C19H21FN2O3S. The van der Waals surface area contributed by atoms with Crippen molar-refractivity contribution in [2.24, 2.45) is 7.05 Å². The van der Waals surface area contributed by atoms with Crippen LogP contribution in [0, 0.1) is 12.7 Å². The quantitative estimate of drug-likeness (QED) is 0.689. The van der Waals surface area contributed by atoms with Crippen molar-refractivity contribution in [2.75, 3.05) is 12.4 Å². The molecule has 3 aromatic rings. The zero-order valence-electron chi connectivity index (χ0n) is 14.7. The molecule has 3 rings (SSSR count). The van der Waals surface area contributed by atoms with Gasteiger partial charge in [0.2, 0.25) is 10.0 Å². The maximum absolute atomic E-state index is 12.8. The van der Waals surface area contributed by atoms with Crippen molar-refractivity contribution in [1.82, 2.24) is 9.29 Å². The summed E-state index contributed by atoms with van der Waals surface area (Å²) in [5.74, 6) is -0.0967. The fourth-order valence-electron chi connectivity index (χ4n) is 2.71. The largest absolute Gasteiger partial charge is 0.492 e. The van der Waals surface area contributed by atoms with Crippen molar-refractivity contribution in [3.05, 3.63) is 65.6 Å². The number of sulfonamides is 1. The number of fused-ring (bicyclic) bond motifs is 1. The lowest BCUT2D eigenvalue weighted by Crippen LogP contribution is -2.28. The van der Waals surface area contributed by atoms with Crippen LogP contribution in [-0.2, 0) is 23.6 Å². The Morgan fingerprint density at radius 2 is 1.85 bits per heavy atom. The van der Waals surface area contributed by atoms with E-state index in [1.165, 1.54) is 24.3 Å². The Hall–Kier alpha value is -2.38. The maximum Gasteiger partial charge on any atom is 0.215 e. The van der Waals surface area contributed by atoms with Crippen molar-refractivity contribution >= 4 is 20.9 Å². The van der Waals surface area contributed by atoms with Crippen LogP contribution in [-0.4, -0.2) is 25.3 Å². The molecule has 138 valence electrons. The van der Waals surface area contributed by atoms with Crippen LogP contribution in [0.2, 0.25) is 0 Å². The van der Waals surface area contributed by atoms with Gasteiger partial charge in [-0.1, -0.05) is 6.07 Å². The van der Waals surface area contributed by atoms with Gasteiger partial charge < -0.3 is 9.30 Å². The lowest BCUT2D eigenvalue weighted by atomic mass is 10.1. The van der Waals surface area contributed by atoms with Crippen molar-refractivity contribution in [2.45, 2.75) is 13.5 Å². The summed E-state index contributed by atoms with van der Waals surface area (Å²) in [6.45, 7) is 2.25. The molecule has 0 spiro atoms. The van der Waals surface area contributed by atoms with E-state index < -0.39 is 10.0 Å². The number of halogens is 1. The van der Waals surface area contributed by atoms with Gasteiger partial charge in [-0.2, -0.15) is 0 Å². The second kappa shape index (κ2) is 7.47. The lowest BCUT2D eigenvalue weighted by Gasteiger charge is -2.09. The molecular weight excluding hydrogens is 355 g/mol. The van der Waals surface area contributed by atoms with Crippen LogP contribution < -0.4 is 9.46 Å². The summed E-state index contributed by atoms with van der Waals surface area (Å²) in [6.07, 6.45) is 0. The predicted octanol–water partition coefficient (Wildman–Crippen LogP) is 3.12. The van der Waals surface area contributed by atoms with Gasteiger partial charge in [0, 0.05) is 30.2 Å². The van der Waals surface area contributed by atoms with Crippen LogP contribution in [0.15, 0.2) is 48.5 Å². The molecule has 0 bridgehead atoms. The molecule has 0 atom stereocenters. The summed E-state index contributed by atoms with van der Waals surface area (Å²) >= 11 is 0. The van der Waals surface area contributed by atoms with Gasteiger partial charge >= 0.3 is 0 Å². The Bertz CT molecular complexity index is 1010. The van der Waals surface area contributed by atoms with E-state index in [9.17, 15) is 12.8 Å². The fraction of sp³-hybridized carbons (Fsp3) is 0.263. The third-order valence-electron chi connectivity index (χ3n) is 4.28. The van der Waals surface area contributed by atoms with Crippen LogP contribution in [0.3, 0.4) is 0 Å². The zero-order valence-corrected chi connectivity index (χ0v) is 15.5. The third-order valence-corrected chi connectivity index (χ3v) is 5.57. The minimum atomic E-state index is -3.47. The van der Waals surface area contributed by atoms with E-state index in [-0.39, 0.29) is 24.7 Å². The lowest BCUT2D eigenvalue weighted by molar-refractivity contribution is 0.339. The molecule has 0 unspecified atom stereocenters. The second-order valence-corrected chi connectivity index (χ2v) is 8.11. The summed E-state index contributed by atoms with van der Waals surface area (Å²) in [5, 5.41) is 1.08. The fourth-order valence-corrected chi connectivity index (χ4v) is 3.55. The highest BCUT2D eigenvalue weighted by atomic mass is 32.2. The van der Waals surface area contributed by atoms with E-state index in [4.69, 9.17) is 4.74 Å². The normalized spacial score (nSPS) is 11.8. The highest BCUT2D eigenvalue weighted by molar-refractivity contribution is 7.89. The molecule has 0 amide bonds. The molecule has 1 aromatic heterocycles. The van der Waals surface area contributed by atoms with E-state index in [0.29, 0.717) is 5.75 Å². The van der Waals surface area contributed by atoms with Crippen molar-refractivity contribution < 1.29 is 17.5 Å². The molecule has 26 heavy (non-hydrogen) atoms. The number of aryl methyl sites for hydroxylation is 2. The number of benzene rings is 2. The minimum Gasteiger partial charge on any atom is -0.492 e. The molecule has 0 saturated carbocycles. The van der Waals surface area contributed by atoms with Gasteiger partial charge in [-0.15, -0.1) is 0 Å². The van der Waals surface area contributed by atoms with E-state index >= 15 is 0 Å². The number of rotatable bonds is 7. The standard InChI is InChI=1S/C19H21FN2O3S/c1-14-11-16-12-15(3-8-19(16)22(14)2)13-21-26(23,24)10-9-25-18-6-4-17(20)5-7-18/h3-8,11-12,21H,9-10,13H2,1-2H3. The molecule has 0 aliphatic rings. The average molecular weight is 376 g/mol. The molecule has 1 heterocycles. The first kappa shape index (κ1) is 18.4. The summed E-state index contributed by atoms with van der Waals surface area (Å²) in [4.78, 5) is 0. The maximum atomic E-state index is 12.8. The molecule has 1 N–H and O–H groups in total. The van der Waals surface area contributed by atoms with E-state index in [1.54, 1.807) is 0 Å². The van der Waals surface area contributed by atoms with Gasteiger partial charge in [-0.05, 0) is 55.0 Å². The van der Waals surface area contributed by atoms with Gasteiger partial charge in [0.25, 0.3) is 0 Å². The number of nitrogens with one attached hydrogen (secondary N) is 1. The summed E-state index contributed by atoms with van der Waals surface area (Å²) < 4.78 is 47.1. The molecule has 0 radical (unpaired) electrons. The molecule has 0 fully saturated rings. The Kier molecular flexibility index (Phi) is 5.29. The number of ether oxygens (including phenoxy) is 1. The Morgan fingerprint density at radius 3 is 2.58 bits per heavy atom. The summed E-state index contributed by atoms with van der Waals surface area (Å²) in [6, 6.07) is 13.4. The number of nitrogens with zero attached hydrogens (tertiary/aromatic N) is 1. The Balaban J connectivity index is 1.55. The van der Waals surface area contributed by atoms with Crippen LogP contribution in [0.4, 0.5) is 4.39 Å². The van der Waals surface area contributed by atoms with E-state index in [1.807, 2.05) is 32.2 Å². The summed E-state index contributed by atoms with van der Waals surface area (Å²) in [7, 11) is -1.47. The van der Waals surface area contributed by atoms with Gasteiger partial charge in [0.1, 0.15) is 18.2 Å².